The third kappa shape index (κ3) is 6.13. The maximum atomic E-state index is 10.2. The third-order valence-corrected chi connectivity index (χ3v) is 1.76. The van der Waals surface area contributed by atoms with Gasteiger partial charge in [-0.2, -0.15) is 0 Å². The Balaban J connectivity index is 0.000000293. The van der Waals surface area contributed by atoms with Gasteiger partial charge in [0.15, 0.2) is 0 Å². The Labute approximate surface area is 93.9 Å². The molecular formula is C11H16O5. The molecule has 0 aliphatic carbocycles. The number of methoxy groups -OCH3 is 1. The SMILES string of the molecule is COC(CO)CO.O=C(O)c1ccccc1. The van der Waals surface area contributed by atoms with E-state index >= 15 is 0 Å². The molecular weight excluding hydrogens is 212 g/mol. The molecule has 0 radical (unpaired) electrons. The summed E-state index contributed by atoms with van der Waals surface area (Å²) in [5.74, 6) is -0.879. The fourth-order valence-electron chi connectivity index (χ4n) is 0.788. The smallest absolute Gasteiger partial charge is 0.335 e. The molecule has 0 atom stereocenters. The van der Waals surface area contributed by atoms with Crippen molar-refractivity contribution in [3.8, 4) is 0 Å². The Kier molecular flexibility index (Phi) is 8.05. The lowest BCUT2D eigenvalue weighted by Crippen LogP contribution is -2.19. The largest absolute Gasteiger partial charge is 0.478 e. The van der Waals surface area contributed by atoms with Crippen LogP contribution >= 0.6 is 0 Å². The first-order chi connectivity index (χ1) is 7.65. The number of carboxylic acids is 1. The zero-order valence-corrected chi connectivity index (χ0v) is 9.04. The Hall–Kier alpha value is -1.43. The van der Waals surface area contributed by atoms with E-state index in [1.807, 2.05) is 0 Å². The van der Waals surface area contributed by atoms with Crippen molar-refractivity contribution in [3.63, 3.8) is 0 Å². The van der Waals surface area contributed by atoms with Crippen molar-refractivity contribution in [2.24, 2.45) is 0 Å². The molecule has 5 nitrogen and oxygen atoms in total. The van der Waals surface area contributed by atoms with Crippen molar-refractivity contribution in [3.05, 3.63) is 35.9 Å². The number of carbonyl (C=O) groups is 1. The van der Waals surface area contributed by atoms with E-state index in [9.17, 15) is 4.79 Å². The van der Waals surface area contributed by atoms with E-state index in [0.717, 1.165) is 0 Å². The Morgan fingerprint density at radius 3 is 1.94 bits per heavy atom. The van der Waals surface area contributed by atoms with Crippen LogP contribution < -0.4 is 0 Å². The van der Waals surface area contributed by atoms with Gasteiger partial charge in [0.1, 0.15) is 6.10 Å². The monoisotopic (exact) mass is 228 g/mol. The van der Waals surface area contributed by atoms with Crippen molar-refractivity contribution in [2.45, 2.75) is 6.10 Å². The van der Waals surface area contributed by atoms with Crippen LogP contribution in [0.1, 0.15) is 10.4 Å². The maximum Gasteiger partial charge on any atom is 0.335 e. The lowest BCUT2D eigenvalue weighted by atomic mass is 10.2. The van der Waals surface area contributed by atoms with Crippen molar-refractivity contribution in [2.75, 3.05) is 20.3 Å². The highest BCUT2D eigenvalue weighted by Crippen LogP contribution is 1.96. The molecule has 0 heterocycles. The molecule has 16 heavy (non-hydrogen) atoms. The van der Waals surface area contributed by atoms with Gasteiger partial charge >= 0.3 is 5.97 Å². The fraction of sp³-hybridized carbons (Fsp3) is 0.364. The first kappa shape index (κ1) is 14.6. The normalized spacial score (nSPS) is 9.50. The van der Waals surface area contributed by atoms with Crippen LogP contribution in [-0.4, -0.2) is 47.7 Å². The van der Waals surface area contributed by atoms with Gasteiger partial charge in [-0.1, -0.05) is 18.2 Å². The average molecular weight is 228 g/mol. The first-order valence-corrected chi connectivity index (χ1v) is 4.68. The third-order valence-electron chi connectivity index (χ3n) is 1.76. The quantitative estimate of drug-likeness (QED) is 0.693. The molecule has 1 rings (SSSR count). The molecule has 0 spiro atoms. The molecule has 0 aliphatic rings. The van der Waals surface area contributed by atoms with Crippen LogP contribution in [0.15, 0.2) is 30.3 Å². The van der Waals surface area contributed by atoms with Crippen LogP contribution in [0.25, 0.3) is 0 Å². The van der Waals surface area contributed by atoms with Crippen LogP contribution in [0, 0.1) is 0 Å². The van der Waals surface area contributed by atoms with Gasteiger partial charge in [-0.25, -0.2) is 4.79 Å². The molecule has 5 heteroatoms. The van der Waals surface area contributed by atoms with Crippen LogP contribution in [0.2, 0.25) is 0 Å². The van der Waals surface area contributed by atoms with E-state index in [1.54, 1.807) is 30.3 Å². The second kappa shape index (κ2) is 8.84. The summed E-state index contributed by atoms with van der Waals surface area (Å²) >= 11 is 0. The Bertz CT molecular complexity index is 276. The van der Waals surface area contributed by atoms with Gasteiger partial charge in [0.05, 0.1) is 18.8 Å². The number of carboxylic acid groups (broad SMARTS) is 1. The summed E-state index contributed by atoms with van der Waals surface area (Å²) in [5, 5.41) is 24.9. The van der Waals surface area contributed by atoms with Crippen LogP contribution in [0.4, 0.5) is 0 Å². The molecule has 1 aromatic rings. The number of aromatic carboxylic acids is 1. The predicted octanol–water partition coefficient (Wildman–Crippen LogP) is 0.371. The minimum atomic E-state index is -0.879. The van der Waals surface area contributed by atoms with Gasteiger partial charge in [0, 0.05) is 7.11 Å². The average Bonchev–Trinajstić information content (AvgIpc) is 2.33. The summed E-state index contributed by atoms with van der Waals surface area (Å²) in [4.78, 5) is 10.2. The molecule has 0 aromatic heterocycles. The topological polar surface area (TPSA) is 87.0 Å². The van der Waals surface area contributed by atoms with Crippen molar-refractivity contribution >= 4 is 5.97 Å². The molecule has 0 fully saturated rings. The van der Waals surface area contributed by atoms with Crippen LogP contribution in [0.5, 0.6) is 0 Å². The first-order valence-electron chi connectivity index (χ1n) is 4.68. The van der Waals surface area contributed by atoms with Gasteiger partial charge in [-0.15, -0.1) is 0 Å². The standard InChI is InChI=1S/C7H6O2.C4H10O3/c8-7(9)6-4-2-1-3-5-6;1-7-4(2-5)3-6/h1-5H,(H,8,9);4-6H,2-3H2,1H3. The zero-order chi connectivity index (χ0) is 12.4. The van der Waals surface area contributed by atoms with Crippen molar-refractivity contribution in [1.29, 1.82) is 0 Å². The van der Waals surface area contributed by atoms with Gasteiger partial charge in [-0.05, 0) is 12.1 Å². The summed E-state index contributed by atoms with van der Waals surface area (Å²) in [5.41, 5.74) is 0.331. The highest BCUT2D eigenvalue weighted by atomic mass is 16.5. The summed E-state index contributed by atoms with van der Waals surface area (Å²) < 4.78 is 4.55. The number of aliphatic hydroxyl groups is 2. The van der Waals surface area contributed by atoms with Gasteiger partial charge < -0.3 is 20.1 Å². The van der Waals surface area contributed by atoms with Crippen LogP contribution in [-0.2, 0) is 4.74 Å². The summed E-state index contributed by atoms with van der Waals surface area (Å²) in [6, 6.07) is 8.30. The van der Waals surface area contributed by atoms with E-state index in [0.29, 0.717) is 5.56 Å². The maximum absolute atomic E-state index is 10.2. The molecule has 0 unspecified atom stereocenters. The molecule has 0 aliphatic heterocycles. The molecule has 0 bridgehead atoms. The molecule has 0 saturated carbocycles. The minimum absolute atomic E-state index is 0.118. The van der Waals surface area contributed by atoms with E-state index in [-0.39, 0.29) is 13.2 Å². The van der Waals surface area contributed by atoms with Gasteiger partial charge in [0.2, 0.25) is 0 Å². The van der Waals surface area contributed by atoms with E-state index in [2.05, 4.69) is 4.74 Å². The zero-order valence-electron chi connectivity index (χ0n) is 9.04. The predicted molar refractivity (Wildman–Crippen MR) is 58.4 cm³/mol. The van der Waals surface area contributed by atoms with Crippen LogP contribution in [0.3, 0.4) is 0 Å². The lowest BCUT2D eigenvalue weighted by Gasteiger charge is -2.05. The second-order valence-corrected chi connectivity index (χ2v) is 2.89. The second-order valence-electron chi connectivity index (χ2n) is 2.89. The van der Waals surface area contributed by atoms with Crippen molar-refractivity contribution in [1.82, 2.24) is 0 Å². The van der Waals surface area contributed by atoms with E-state index in [4.69, 9.17) is 15.3 Å². The number of hydrogen-bond acceptors (Lipinski definition) is 4. The molecule has 90 valence electrons. The number of ether oxygens (including phenoxy) is 1. The highest BCUT2D eigenvalue weighted by molar-refractivity contribution is 5.87. The lowest BCUT2D eigenvalue weighted by molar-refractivity contribution is 0.00933. The molecule has 1 aromatic carbocycles. The minimum Gasteiger partial charge on any atom is -0.478 e. The summed E-state index contributed by atoms with van der Waals surface area (Å²) in [6.45, 7) is -0.236. The van der Waals surface area contributed by atoms with Gasteiger partial charge in [0.25, 0.3) is 0 Å². The molecule has 3 N–H and O–H groups in total. The number of aliphatic hydroxyl groups excluding tert-OH is 2. The molecule has 0 saturated heterocycles. The van der Waals surface area contributed by atoms with Gasteiger partial charge in [-0.3, -0.25) is 0 Å². The fourth-order valence-corrected chi connectivity index (χ4v) is 0.788. The highest BCUT2D eigenvalue weighted by Gasteiger charge is 1.99. The number of rotatable bonds is 4. The van der Waals surface area contributed by atoms with E-state index in [1.165, 1.54) is 7.11 Å². The number of hydrogen-bond donors (Lipinski definition) is 3. The molecule has 0 amide bonds. The van der Waals surface area contributed by atoms with Crippen molar-refractivity contribution < 1.29 is 24.9 Å². The van der Waals surface area contributed by atoms with E-state index < -0.39 is 12.1 Å². The Morgan fingerprint density at radius 2 is 1.75 bits per heavy atom. The summed E-state index contributed by atoms with van der Waals surface area (Å²) in [7, 11) is 1.44. The number of benzene rings is 1. The summed E-state index contributed by atoms with van der Waals surface area (Å²) in [6.07, 6.45) is -0.403. The Morgan fingerprint density at radius 1 is 1.25 bits per heavy atom.